The van der Waals surface area contributed by atoms with E-state index in [1.807, 2.05) is 37.4 Å². The first-order valence-electron chi connectivity index (χ1n) is 6.11. The number of aryl methyl sites for hydroxylation is 1. The predicted molar refractivity (Wildman–Crippen MR) is 73.1 cm³/mol. The summed E-state index contributed by atoms with van der Waals surface area (Å²) in [6.45, 7) is 3.65. The van der Waals surface area contributed by atoms with Gasteiger partial charge in [-0.05, 0) is 44.4 Å². The number of nitrogens with zero attached hydrogens (tertiary/aromatic N) is 2. The van der Waals surface area contributed by atoms with E-state index in [9.17, 15) is 9.90 Å². The highest BCUT2D eigenvalue weighted by molar-refractivity contribution is 7.12. The number of β-amino-alcohol motifs (C(OH)–C–C–N with tert-alkyl or cyclic N) is 1. The number of rotatable bonds is 3. The maximum atomic E-state index is 12.2. The number of amides is 1. The second-order valence-corrected chi connectivity index (χ2v) is 6.34. The average molecular weight is 268 g/mol. The number of carbonyl (C=O) groups excluding carboxylic acids is 1. The molecule has 5 heteroatoms. The topological polar surface area (TPSA) is 43.8 Å². The summed E-state index contributed by atoms with van der Waals surface area (Å²) in [5.41, 5.74) is 0.358. The van der Waals surface area contributed by atoms with Gasteiger partial charge >= 0.3 is 0 Å². The molecule has 2 heterocycles. The van der Waals surface area contributed by atoms with Gasteiger partial charge in [0.05, 0.1) is 17.0 Å². The van der Waals surface area contributed by atoms with Crippen molar-refractivity contribution in [1.82, 2.24) is 9.80 Å². The number of hydrogen-bond acceptors (Lipinski definition) is 4. The molecule has 100 valence electrons. The maximum Gasteiger partial charge on any atom is 0.264 e. The van der Waals surface area contributed by atoms with E-state index >= 15 is 0 Å². The van der Waals surface area contributed by atoms with Gasteiger partial charge in [0.15, 0.2) is 0 Å². The van der Waals surface area contributed by atoms with Gasteiger partial charge in [0, 0.05) is 13.1 Å². The molecule has 1 aliphatic heterocycles. The van der Waals surface area contributed by atoms with E-state index in [4.69, 9.17) is 0 Å². The highest BCUT2D eigenvalue weighted by Crippen LogP contribution is 2.25. The van der Waals surface area contributed by atoms with Crippen LogP contribution in [0.1, 0.15) is 21.7 Å². The molecule has 1 amide bonds. The van der Waals surface area contributed by atoms with E-state index in [2.05, 4.69) is 0 Å². The fourth-order valence-corrected chi connectivity index (χ4v) is 3.31. The monoisotopic (exact) mass is 268 g/mol. The van der Waals surface area contributed by atoms with Crippen LogP contribution >= 0.6 is 11.3 Å². The van der Waals surface area contributed by atoms with Gasteiger partial charge in [-0.25, -0.2) is 0 Å². The summed E-state index contributed by atoms with van der Waals surface area (Å²) in [7, 11) is 3.87. The first kappa shape index (κ1) is 13.5. The van der Waals surface area contributed by atoms with E-state index < -0.39 is 5.60 Å². The lowest BCUT2D eigenvalue weighted by atomic mass is 10.0. The Bertz CT molecular complexity index is 444. The van der Waals surface area contributed by atoms with Gasteiger partial charge in [-0.2, -0.15) is 0 Å². The zero-order chi connectivity index (χ0) is 13.3. The molecule has 0 bridgehead atoms. The lowest BCUT2D eigenvalue weighted by Crippen LogP contribution is -2.43. The van der Waals surface area contributed by atoms with Crippen LogP contribution in [0.25, 0.3) is 0 Å². The molecule has 1 aromatic heterocycles. The second-order valence-electron chi connectivity index (χ2n) is 5.43. The SMILES string of the molecule is Cc1csc(C(=O)N2CC[C@](O)(CN(C)C)C2)c1. The molecule has 0 unspecified atom stereocenters. The average Bonchev–Trinajstić information content (AvgIpc) is 2.83. The third-order valence-electron chi connectivity index (χ3n) is 3.17. The minimum atomic E-state index is -0.758. The fraction of sp³-hybridized carbons (Fsp3) is 0.615. The minimum Gasteiger partial charge on any atom is -0.387 e. The number of likely N-dealkylation sites (N-methyl/N-ethyl adjacent to an activating group) is 1. The van der Waals surface area contributed by atoms with Gasteiger partial charge in [0.25, 0.3) is 5.91 Å². The predicted octanol–water partition coefficient (Wildman–Crippen LogP) is 1.20. The van der Waals surface area contributed by atoms with Crippen molar-refractivity contribution in [2.75, 3.05) is 33.7 Å². The Labute approximate surface area is 112 Å². The van der Waals surface area contributed by atoms with Crippen molar-refractivity contribution < 1.29 is 9.90 Å². The Balaban J connectivity index is 2.02. The van der Waals surface area contributed by atoms with Crippen LogP contribution in [0.2, 0.25) is 0 Å². The molecular weight excluding hydrogens is 248 g/mol. The van der Waals surface area contributed by atoms with Gasteiger partial charge in [-0.3, -0.25) is 4.79 Å². The van der Waals surface area contributed by atoms with Crippen molar-refractivity contribution in [3.8, 4) is 0 Å². The van der Waals surface area contributed by atoms with E-state index in [1.165, 1.54) is 11.3 Å². The molecule has 0 spiro atoms. The van der Waals surface area contributed by atoms with E-state index in [1.54, 1.807) is 4.90 Å². The molecule has 1 fully saturated rings. The Morgan fingerprint density at radius 3 is 2.89 bits per heavy atom. The van der Waals surface area contributed by atoms with Crippen LogP contribution in [-0.4, -0.2) is 60.1 Å². The molecule has 0 aromatic carbocycles. The summed E-state index contributed by atoms with van der Waals surface area (Å²) < 4.78 is 0. The molecular formula is C13H20N2O2S. The lowest BCUT2D eigenvalue weighted by Gasteiger charge is -2.26. The highest BCUT2D eigenvalue weighted by atomic mass is 32.1. The molecule has 1 aliphatic rings. The van der Waals surface area contributed by atoms with E-state index in [0.717, 1.165) is 10.4 Å². The summed E-state index contributed by atoms with van der Waals surface area (Å²) in [6, 6.07) is 1.91. The van der Waals surface area contributed by atoms with Gasteiger partial charge in [-0.15, -0.1) is 11.3 Å². The molecule has 4 nitrogen and oxygen atoms in total. The lowest BCUT2D eigenvalue weighted by molar-refractivity contribution is 0.0237. The van der Waals surface area contributed by atoms with Crippen molar-refractivity contribution in [3.05, 3.63) is 21.9 Å². The molecule has 1 saturated heterocycles. The Hall–Kier alpha value is -0.910. The van der Waals surface area contributed by atoms with Gasteiger partial charge in [0.2, 0.25) is 0 Å². The van der Waals surface area contributed by atoms with Crippen LogP contribution in [0, 0.1) is 6.92 Å². The van der Waals surface area contributed by atoms with Crippen LogP contribution in [0.3, 0.4) is 0 Å². The van der Waals surface area contributed by atoms with Crippen molar-refractivity contribution >= 4 is 17.2 Å². The maximum absolute atomic E-state index is 12.2. The Morgan fingerprint density at radius 1 is 1.61 bits per heavy atom. The van der Waals surface area contributed by atoms with Crippen molar-refractivity contribution in [2.24, 2.45) is 0 Å². The largest absolute Gasteiger partial charge is 0.387 e. The Morgan fingerprint density at radius 2 is 2.33 bits per heavy atom. The molecule has 0 radical (unpaired) electrons. The molecule has 0 aliphatic carbocycles. The third-order valence-corrected chi connectivity index (χ3v) is 4.21. The summed E-state index contributed by atoms with van der Waals surface area (Å²) in [6.07, 6.45) is 0.654. The smallest absolute Gasteiger partial charge is 0.264 e. The van der Waals surface area contributed by atoms with E-state index in [0.29, 0.717) is 26.1 Å². The van der Waals surface area contributed by atoms with Crippen molar-refractivity contribution in [1.29, 1.82) is 0 Å². The van der Waals surface area contributed by atoms with Crippen LogP contribution < -0.4 is 0 Å². The minimum absolute atomic E-state index is 0.0442. The van der Waals surface area contributed by atoms with Crippen LogP contribution in [0.5, 0.6) is 0 Å². The fourth-order valence-electron chi connectivity index (χ4n) is 2.45. The van der Waals surface area contributed by atoms with Crippen molar-refractivity contribution in [3.63, 3.8) is 0 Å². The summed E-state index contributed by atoms with van der Waals surface area (Å²) in [4.78, 5) is 16.7. The molecule has 1 aromatic rings. The second kappa shape index (κ2) is 4.99. The Kier molecular flexibility index (Phi) is 3.75. The standard InChI is InChI=1S/C13H20N2O2S/c1-10-6-11(18-7-10)12(16)15-5-4-13(17,9-15)8-14(2)3/h6-7,17H,4-5,8-9H2,1-3H3/t13-/m0/s1. The molecule has 18 heavy (non-hydrogen) atoms. The molecule has 2 rings (SSSR count). The quantitative estimate of drug-likeness (QED) is 0.895. The first-order valence-corrected chi connectivity index (χ1v) is 6.99. The summed E-state index contributed by atoms with van der Waals surface area (Å²) in [5.74, 6) is 0.0442. The summed E-state index contributed by atoms with van der Waals surface area (Å²) in [5, 5.41) is 12.4. The van der Waals surface area contributed by atoms with Crippen LogP contribution in [-0.2, 0) is 0 Å². The van der Waals surface area contributed by atoms with E-state index in [-0.39, 0.29) is 5.91 Å². The zero-order valence-corrected chi connectivity index (χ0v) is 12.0. The number of hydrogen-bond donors (Lipinski definition) is 1. The van der Waals surface area contributed by atoms with Gasteiger partial charge in [-0.1, -0.05) is 0 Å². The molecule has 1 atom stereocenters. The molecule has 1 N–H and O–H groups in total. The molecule has 0 saturated carbocycles. The number of carbonyl (C=O) groups is 1. The normalized spacial score (nSPS) is 23.9. The number of thiophene rings is 1. The van der Waals surface area contributed by atoms with Gasteiger partial charge < -0.3 is 14.9 Å². The van der Waals surface area contributed by atoms with Crippen molar-refractivity contribution in [2.45, 2.75) is 18.9 Å². The van der Waals surface area contributed by atoms with Crippen LogP contribution in [0.4, 0.5) is 0 Å². The summed E-state index contributed by atoms with van der Waals surface area (Å²) >= 11 is 1.48. The number of aliphatic hydroxyl groups is 1. The zero-order valence-electron chi connectivity index (χ0n) is 11.1. The highest BCUT2D eigenvalue weighted by Gasteiger charge is 2.38. The number of likely N-dealkylation sites (tertiary alicyclic amines) is 1. The van der Waals surface area contributed by atoms with Crippen LogP contribution in [0.15, 0.2) is 11.4 Å². The third kappa shape index (κ3) is 2.91. The first-order chi connectivity index (χ1) is 8.39. The van der Waals surface area contributed by atoms with Gasteiger partial charge in [0.1, 0.15) is 0 Å².